The standard InChI is InChI=1S/C13H22N4O3S.HI/c1-3-8-15-13(14)16-9-10-20-12-6-4-11(5-7-12)17-21(2,18)19;/h4-7,17H,3,8-10H2,1-2H3,(H3,14,15,16);1H. The Hall–Kier alpha value is -1.23. The number of benzene rings is 1. The van der Waals surface area contributed by atoms with Crippen LogP contribution in [0.15, 0.2) is 29.3 Å². The van der Waals surface area contributed by atoms with Gasteiger partial charge in [0.15, 0.2) is 5.96 Å². The molecule has 0 atom stereocenters. The number of halogens is 1. The third-order valence-electron chi connectivity index (χ3n) is 2.34. The molecule has 0 heterocycles. The van der Waals surface area contributed by atoms with Crippen molar-refractivity contribution in [3.05, 3.63) is 24.3 Å². The van der Waals surface area contributed by atoms with Gasteiger partial charge in [-0.25, -0.2) is 8.42 Å². The van der Waals surface area contributed by atoms with E-state index in [2.05, 4.69) is 15.0 Å². The summed E-state index contributed by atoms with van der Waals surface area (Å²) in [5, 5.41) is 2.94. The highest BCUT2D eigenvalue weighted by atomic mass is 127. The molecule has 0 radical (unpaired) electrons. The highest BCUT2D eigenvalue weighted by molar-refractivity contribution is 14.0. The summed E-state index contributed by atoms with van der Waals surface area (Å²) in [6.07, 6.45) is 2.06. The van der Waals surface area contributed by atoms with Crippen LogP contribution in [0.5, 0.6) is 5.75 Å². The molecule has 126 valence electrons. The first-order valence-electron chi connectivity index (χ1n) is 6.65. The van der Waals surface area contributed by atoms with Crippen LogP contribution in [0.2, 0.25) is 0 Å². The number of hydrogen-bond acceptors (Lipinski definition) is 4. The zero-order valence-corrected chi connectivity index (χ0v) is 15.9. The first kappa shape index (κ1) is 20.8. The van der Waals surface area contributed by atoms with Gasteiger partial charge in [0, 0.05) is 12.2 Å². The molecule has 4 N–H and O–H groups in total. The van der Waals surface area contributed by atoms with E-state index >= 15 is 0 Å². The minimum atomic E-state index is -3.26. The molecule has 0 unspecified atom stereocenters. The van der Waals surface area contributed by atoms with Crippen LogP contribution in [0.1, 0.15) is 13.3 Å². The van der Waals surface area contributed by atoms with Crippen LogP contribution >= 0.6 is 24.0 Å². The van der Waals surface area contributed by atoms with Crippen molar-refractivity contribution in [1.29, 1.82) is 0 Å². The Morgan fingerprint density at radius 2 is 1.95 bits per heavy atom. The van der Waals surface area contributed by atoms with Crippen LogP contribution in [-0.4, -0.2) is 40.3 Å². The minimum Gasteiger partial charge on any atom is -0.492 e. The Bertz CT molecular complexity index is 561. The minimum absolute atomic E-state index is 0. The molecule has 0 saturated carbocycles. The molecule has 0 saturated heterocycles. The van der Waals surface area contributed by atoms with E-state index in [-0.39, 0.29) is 24.0 Å². The Morgan fingerprint density at radius 3 is 2.50 bits per heavy atom. The summed E-state index contributed by atoms with van der Waals surface area (Å²) >= 11 is 0. The normalized spacial score (nSPS) is 11.5. The van der Waals surface area contributed by atoms with Crippen molar-refractivity contribution in [2.45, 2.75) is 13.3 Å². The second-order valence-electron chi connectivity index (χ2n) is 4.44. The molecule has 0 amide bonds. The van der Waals surface area contributed by atoms with Gasteiger partial charge in [0.2, 0.25) is 10.0 Å². The summed E-state index contributed by atoms with van der Waals surface area (Å²) in [7, 11) is -3.26. The van der Waals surface area contributed by atoms with E-state index in [1.54, 1.807) is 24.3 Å². The predicted octanol–water partition coefficient (Wildman–Crippen LogP) is 1.37. The topological polar surface area (TPSA) is 106 Å². The number of hydrogen-bond donors (Lipinski definition) is 3. The predicted molar refractivity (Wildman–Crippen MR) is 101 cm³/mol. The van der Waals surface area contributed by atoms with Gasteiger partial charge in [-0.3, -0.25) is 9.71 Å². The number of rotatable bonds is 8. The van der Waals surface area contributed by atoms with E-state index in [1.165, 1.54) is 0 Å². The lowest BCUT2D eigenvalue weighted by atomic mass is 10.3. The zero-order chi connectivity index (χ0) is 15.7. The highest BCUT2D eigenvalue weighted by Gasteiger charge is 2.01. The smallest absolute Gasteiger partial charge is 0.229 e. The molecule has 1 rings (SSSR count). The third-order valence-corrected chi connectivity index (χ3v) is 2.95. The van der Waals surface area contributed by atoms with Crippen molar-refractivity contribution in [1.82, 2.24) is 5.32 Å². The van der Waals surface area contributed by atoms with Crippen LogP contribution in [0.25, 0.3) is 0 Å². The number of anilines is 1. The van der Waals surface area contributed by atoms with Gasteiger partial charge < -0.3 is 15.8 Å². The average molecular weight is 442 g/mol. The lowest BCUT2D eigenvalue weighted by molar-refractivity contribution is 0.322. The molecule has 1 aromatic carbocycles. The first-order valence-corrected chi connectivity index (χ1v) is 8.54. The number of aliphatic imine (C=N–C) groups is 1. The second-order valence-corrected chi connectivity index (χ2v) is 6.19. The summed E-state index contributed by atoms with van der Waals surface area (Å²) in [4.78, 5) is 4.10. The van der Waals surface area contributed by atoms with E-state index in [9.17, 15) is 8.42 Å². The van der Waals surface area contributed by atoms with Gasteiger partial charge in [-0.15, -0.1) is 24.0 Å². The van der Waals surface area contributed by atoms with Gasteiger partial charge in [0.1, 0.15) is 12.4 Å². The van der Waals surface area contributed by atoms with E-state index in [0.29, 0.717) is 37.1 Å². The summed E-state index contributed by atoms with van der Waals surface area (Å²) in [5.74, 6) is 1.06. The molecule has 0 aliphatic carbocycles. The third kappa shape index (κ3) is 9.66. The lowest BCUT2D eigenvalue weighted by Crippen LogP contribution is -2.34. The van der Waals surface area contributed by atoms with Crippen LogP contribution < -0.4 is 20.5 Å². The number of nitrogens with one attached hydrogen (secondary N) is 2. The molecule has 7 nitrogen and oxygen atoms in total. The molecule has 0 aliphatic rings. The van der Waals surface area contributed by atoms with Gasteiger partial charge in [-0.2, -0.15) is 0 Å². The van der Waals surface area contributed by atoms with Crippen molar-refractivity contribution < 1.29 is 13.2 Å². The van der Waals surface area contributed by atoms with Gasteiger partial charge in [-0.05, 0) is 30.7 Å². The van der Waals surface area contributed by atoms with Crippen molar-refractivity contribution in [2.24, 2.45) is 10.7 Å². The Kier molecular flexibility index (Phi) is 9.90. The van der Waals surface area contributed by atoms with Gasteiger partial charge in [0.05, 0.1) is 12.8 Å². The van der Waals surface area contributed by atoms with Crippen molar-refractivity contribution in [2.75, 3.05) is 30.7 Å². The number of sulfonamides is 1. The Labute approximate surface area is 148 Å². The number of nitrogens with two attached hydrogens (primary N) is 1. The summed E-state index contributed by atoms with van der Waals surface area (Å²) in [5.41, 5.74) is 6.14. The molecule has 0 spiro atoms. The number of nitrogens with zero attached hydrogens (tertiary/aromatic N) is 1. The van der Waals surface area contributed by atoms with E-state index in [0.717, 1.165) is 12.7 Å². The lowest BCUT2D eigenvalue weighted by Gasteiger charge is -2.09. The second kappa shape index (κ2) is 10.5. The number of ether oxygens (including phenoxy) is 1. The first-order chi connectivity index (χ1) is 9.90. The monoisotopic (exact) mass is 442 g/mol. The fraction of sp³-hybridized carbons (Fsp3) is 0.462. The largest absolute Gasteiger partial charge is 0.492 e. The quantitative estimate of drug-likeness (QED) is 0.244. The SMILES string of the molecule is CCCN=C(N)NCCOc1ccc(NS(C)(=O)=O)cc1.I. The van der Waals surface area contributed by atoms with Crippen molar-refractivity contribution >= 4 is 45.6 Å². The molecule has 22 heavy (non-hydrogen) atoms. The maximum absolute atomic E-state index is 11.1. The Balaban J connectivity index is 0.00000441. The molecule has 0 aliphatic heterocycles. The molecule has 0 aromatic heterocycles. The van der Waals surface area contributed by atoms with Crippen LogP contribution in [0.4, 0.5) is 5.69 Å². The molecule has 0 fully saturated rings. The fourth-order valence-corrected chi connectivity index (χ4v) is 2.03. The van der Waals surface area contributed by atoms with Gasteiger partial charge in [0.25, 0.3) is 0 Å². The summed E-state index contributed by atoms with van der Waals surface area (Å²) in [6.45, 7) is 3.71. The number of guanidine groups is 1. The Morgan fingerprint density at radius 1 is 1.32 bits per heavy atom. The summed E-state index contributed by atoms with van der Waals surface area (Å²) < 4.78 is 30.0. The van der Waals surface area contributed by atoms with Crippen molar-refractivity contribution in [3.63, 3.8) is 0 Å². The van der Waals surface area contributed by atoms with Crippen LogP contribution in [0.3, 0.4) is 0 Å². The zero-order valence-electron chi connectivity index (χ0n) is 12.7. The van der Waals surface area contributed by atoms with E-state index in [4.69, 9.17) is 10.5 Å². The average Bonchev–Trinajstić information content (AvgIpc) is 2.41. The van der Waals surface area contributed by atoms with Crippen molar-refractivity contribution in [3.8, 4) is 5.75 Å². The maximum Gasteiger partial charge on any atom is 0.229 e. The molecule has 9 heteroatoms. The van der Waals surface area contributed by atoms with Crippen LogP contribution in [0, 0.1) is 0 Å². The molecular formula is C13H23IN4O3S. The molecular weight excluding hydrogens is 419 g/mol. The highest BCUT2D eigenvalue weighted by Crippen LogP contribution is 2.16. The summed E-state index contributed by atoms with van der Waals surface area (Å²) in [6, 6.07) is 6.67. The van der Waals surface area contributed by atoms with E-state index in [1.807, 2.05) is 6.92 Å². The van der Waals surface area contributed by atoms with E-state index < -0.39 is 10.0 Å². The fourth-order valence-electron chi connectivity index (χ4n) is 1.47. The molecule has 0 bridgehead atoms. The van der Waals surface area contributed by atoms with Gasteiger partial charge in [-0.1, -0.05) is 6.92 Å². The maximum atomic E-state index is 11.1. The van der Waals surface area contributed by atoms with Crippen LogP contribution in [-0.2, 0) is 10.0 Å². The molecule has 1 aromatic rings. The van der Waals surface area contributed by atoms with Gasteiger partial charge >= 0.3 is 0 Å².